The highest BCUT2D eigenvalue weighted by Crippen LogP contribution is 2.24. The SMILES string of the molecule is O=C1C=CC2C=CC=C(S)C2N1. The van der Waals surface area contributed by atoms with Crippen LogP contribution in [-0.2, 0) is 4.79 Å². The van der Waals surface area contributed by atoms with Gasteiger partial charge >= 0.3 is 0 Å². The van der Waals surface area contributed by atoms with Gasteiger partial charge in [-0.25, -0.2) is 0 Å². The molecule has 2 nitrogen and oxygen atoms in total. The molecule has 1 amide bonds. The Hall–Kier alpha value is -0.960. The van der Waals surface area contributed by atoms with Gasteiger partial charge in [0.1, 0.15) is 0 Å². The Morgan fingerprint density at radius 3 is 3.08 bits per heavy atom. The van der Waals surface area contributed by atoms with Crippen molar-refractivity contribution >= 4 is 18.5 Å². The minimum atomic E-state index is -0.0356. The van der Waals surface area contributed by atoms with Gasteiger partial charge < -0.3 is 5.32 Å². The number of fused-ring (bicyclic) bond motifs is 1. The third-order valence-corrected chi connectivity index (χ3v) is 2.50. The molecule has 1 N–H and O–H groups in total. The van der Waals surface area contributed by atoms with E-state index >= 15 is 0 Å². The molecule has 0 spiro atoms. The van der Waals surface area contributed by atoms with E-state index in [2.05, 4.69) is 24.0 Å². The predicted molar refractivity (Wildman–Crippen MR) is 50.8 cm³/mol. The summed E-state index contributed by atoms with van der Waals surface area (Å²) in [6.45, 7) is 0. The average Bonchev–Trinajstić information content (AvgIpc) is 2.07. The first-order valence-electron chi connectivity index (χ1n) is 3.83. The molecule has 1 aliphatic heterocycles. The number of carbonyl (C=O) groups is 1. The van der Waals surface area contributed by atoms with Gasteiger partial charge in [0.15, 0.2) is 0 Å². The Morgan fingerprint density at radius 2 is 2.25 bits per heavy atom. The summed E-state index contributed by atoms with van der Waals surface area (Å²) in [6, 6.07) is 0.0517. The number of thiol groups is 1. The molecule has 2 aliphatic rings. The molecule has 0 fully saturated rings. The minimum Gasteiger partial charge on any atom is -0.344 e. The molecular formula is C9H9NOS. The Bertz CT molecular complexity index is 304. The number of carbonyl (C=O) groups excluding carboxylic acids is 1. The van der Waals surface area contributed by atoms with E-state index in [1.807, 2.05) is 18.2 Å². The molecular weight excluding hydrogens is 170 g/mol. The summed E-state index contributed by atoms with van der Waals surface area (Å²) < 4.78 is 0. The van der Waals surface area contributed by atoms with Crippen LogP contribution in [-0.4, -0.2) is 11.9 Å². The number of hydrogen-bond donors (Lipinski definition) is 2. The number of rotatable bonds is 0. The third kappa shape index (κ3) is 1.20. The van der Waals surface area contributed by atoms with E-state index in [0.717, 1.165) is 4.91 Å². The van der Waals surface area contributed by atoms with Crippen LogP contribution in [0.15, 0.2) is 35.3 Å². The van der Waals surface area contributed by atoms with Crippen molar-refractivity contribution in [2.75, 3.05) is 0 Å². The minimum absolute atomic E-state index is 0.0356. The Labute approximate surface area is 76.4 Å². The normalized spacial score (nSPS) is 32.4. The third-order valence-electron chi connectivity index (χ3n) is 2.07. The van der Waals surface area contributed by atoms with E-state index in [1.165, 1.54) is 0 Å². The largest absolute Gasteiger partial charge is 0.344 e. The quantitative estimate of drug-likeness (QED) is 0.534. The van der Waals surface area contributed by atoms with E-state index in [9.17, 15) is 4.79 Å². The standard InChI is InChI=1S/C9H9NOS/c11-8-5-4-6-2-1-3-7(12)9(6)10-8/h1-6,9,12H,(H,10,11). The molecule has 0 saturated carbocycles. The van der Waals surface area contributed by atoms with Crippen molar-refractivity contribution in [3.05, 3.63) is 35.3 Å². The fraction of sp³-hybridized carbons (Fsp3) is 0.222. The van der Waals surface area contributed by atoms with E-state index < -0.39 is 0 Å². The molecule has 2 unspecified atom stereocenters. The van der Waals surface area contributed by atoms with E-state index in [1.54, 1.807) is 6.08 Å². The lowest BCUT2D eigenvalue weighted by atomic mass is 9.92. The van der Waals surface area contributed by atoms with Crippen LogP contribution in [0.1, 0.15) is 0 Å². The average molecular weight is 179 g/mol. The highest BCUT2D eigenvalue weighted by atomic mass is 32.1. The van der Waals surface area contributed by atoms with Gasteiger partial charge in [0.05, 0.1) is 6.04 Å². The maximum absolute atomic E-state index is 11.0. The number of nitrogens with one attached hydrogen (secondary N) is 1. The Morgan fingerprint density at radius 1 is 1.42 bits per heavy atom. The van der Waals surface area contributed by atoms with Crippen LogP contribution in [0.4, 0.5) is 0 Å². The van der Waals surface area contributed by atoms with Gasteiger partial charge in [-0.2, -0.15) is 0 Å². The molecule has 0 radical (unpaired) electrons. The molecule has 0 aromatic heterocycles. The second-order valence-corrected chi connectivity index (χ2v) is 3.42. The highest BCUT2D eigenvalue weighted by molar-refractivity contribution is 7.84. The molecule has 3 heteroatoms. The number of amides is 1. The van der Waals surface area contributed by atoms with Gasteiger partial charge in [-0.1, -0.05) is 24.3 Å². The van der Waals surface area contributed by atoms with E-state index in [0.29, 0.717) is 0 Å². The molecule has 2 rings (SSSR count). The second-order valence-electron chi connectivity index (χ2n) is 2.90. The Balaban J connectivity index is 2.31. The topological polar surface area (TPSA) is 29.1 Å². The van der Waals surface area contributed by atoms with Gasteiger partial charge in [0.2, 0.25) is 5.91 Å². The summed E-state index contributed by atoms with van der Waals surface area (Å²) in [5, 5.41) is 2.85. The van der Waals surface area contributed by atoms with Crippen molar-refractivity contribution in [3.63, 3.8) is 0 Å². The van der Waals surface area contributed by atoms with Crippen LogP contribution in [0, 0.1) is 5.92 Å². The zero-order valence-electron chi connectivity index (χ0n) is 6.40. The smallest absolute Gasteiger partial charge is 0.244 e. The van der Waals surface area contributed by atoms with E-state index in [-0.39, 0.29) is 17.9 Å². The fourth-order valence-corrected chi connectivity index (χ4v) is 1.76. The van der Waals surface area contributed by atoms with Crippen LogP contribution in [0.25, 0.3) is 0 Å². The van der Waals surface area contributed by atoms with Gasteiger partial charge in [-0.15, -0.1) is 12.6 Å². The molecule has 0 saturated heterocycles. The lowest BCUT2D eigenvalue weighted by molar-refractivity contribution is -0.117. The van der Waals surface area contributed by atoms with Crippen molar-refractivity contribution in [1.82, 2.24) is 5.32 Å². The van der Waals surface area contributed by atoms with Crippen molar-refractivity contribution < 1.29 is 4.79 Å². The summed E-state index contributed by atoms with van der Waals surface area (Å²) in [4.78, 5) is 11.9. The van der Waals surface area contributed by atoms with Crippen molar-refractivity contribution in [2.45, 2.75) is 6.04 Å². The van der Waals surface area contributed by atoms with Crippen molar-refractivity contribution in [1.29, 1.82) is 0 Å². The van der Waals surface area contributed by atoms with Gasteiger partial charge in [-0.05, 0) is 6.08 Å². The van der Waals surface area contributed by atoms with Crippen LogP contribution in [0.3, 0.4) is 0 Å². The molecule has 1 aliphatic carbocycles. The first-order valence-corrected chi connectivity index (χ1v) is 4.28. The van der Waals surface area contributed by atoms with Gasteiger partial charge in [0, 0.05) is 10.8 Å². The lowest BCUT2D eigenvalue weighted by Crippen LogP contribution is -2.42. The van der Waals surface area contributed by atoms with Crippen molar-refractivity contribution in [3.8, 4) is 0 Å². The maximum atomic E-state index is 11.0. The molecule has 0 aromatic carbocycles. The summed E-state index contributed by atoms with van der Waals surface area (Å²) in [6.07, 6.45) is 9.40. The highest BCUT2D eigenvalue weighted by Gasteiger charge is 2.25. The summed E-state index contributed by atoms with van der Waals surface area (Å²) >= 11 is 4.29. The van der Waals surface area contributed by atoms with Crippen LogP contribution < -0.4 is 5.32 Å². The first kappa shape index (κ1) is 7.68. The molecule has 0 bridgehead atoms. The van der Waals surface area contributed by atoms with Crippen LogP contribution in [0.5, 0.6) is 0 Å². The van der Waals surface area contributed by atoms with Crippen LogP contribution >= 0.6 is 12.6 Å². The summed E-state index contributed by atoms with van der Waals surface area (Å²) in [5.74, 6) is 0.242. The zero-order chi connectivity index (χ0) is 8.55. The fourth-order valence-electron chi connectivity index (χ4n) is 1.44. The molecule has 12 heavy (non-hydrogen) atoms. The lowest BCUT2D eigenvalue weighted by Gasteiger charge is -2.28. The number of allylic oxidation sites excluding steroid dienone is 2. The Kier molecular flexibility index (Phi) is 1.81. The van der Waals surface area contributed by atoms with Crippen molar-refractivity contribution in [2.24, 2.45) is 5.92 Å². The van der Waals surface area contributed by atoms with Crippen LogP contribution in [0.2, 0.25) is 0 Å². The second kappa shape index (κ2) is 2.83. The summed E-state index contributed by atoms with van der Waals surface area (Å²) in [5.41, 5.74) is 0. The predicted octanol–water partition coefficient (Wildman–Crippen LogP) is 1.04. The molecule has 0 aromatic rings. The zero-order valence-corrected chi connectivity index (χ0v) is 7.29. The molecule has 2 atom stereocenters. The van der Waals surface area contributed by atoms with E-state index in [4.69, 9.17) is 0 Å². The summed E-state index contributed by atoms with van der Waals surface area (Å²) in [7, 11) is 0. The first-order chi connectivity index (χ1) is 5.77. The monoisotopic (exact) mass is 179 g/mol. The maximum Gasteiger partial charge on any atom is 0.244 e. The van der Waals surface area contributed by atoms with Gasteiger partial charge in [0.25, 0.3) is 0 Å². The number of hydrogen-bond acceptors (Lipinski definition) is 2. The molecule has 1 heterocycles. The molecule has 62 valence electrons. The van der Waals surface area contributed by atoms with Gasteiger partial charge in [-0.3, -0.25) is 4.79 Å².